The first-order valence-electron chi connectivity index (χ1n) is 7.75. The fourth-order valence-corrected chi connectivity index (χ4v) is 3.08. The minimum atomic E-state index is -0.455. The number of thiophene rings is 1. The highest BCUT2D eigenvalue weighted by molar-refractivity contribution is 7.14. The summed E-state index contributed by atoms with van der Waals surface area (Å²) in [6.45, 7) is 2.21. The monoisotopic (exact) mass is 367 g/mol. The molecule has 0 spiro atoms. The maximum absolute atomic E-state index is 12.0. The Morgan fingerprint density at radius 1 is 1.19 bits per heavy atom. The van der Waals surface area contributed by atoms with Gasteiger partial charge in [0.05, 0.1) is 4.88 Å². The number of aromatic nitrogens is 2. The summed E-state index contributed by atoms with van der Waals surface area (Å²) in [6, 6.07) is 11.1. The van der Waals surface area contributed by atoms with E-state index in [1.54, 1.807) is 18.2 Å². The van der Waals surface area contributed by atoms with E-state index in [-0.39, 0.29) is 12.3 Å². The first-order valence-corrected chi connectivity index (χ1v) is 8.56. The third kappa shape index (κ3) is 3.55. The number of carbonyl (C=O) groups excluding carboxylic acids is 1. The van der Waals surface area contributed by atoms with Gasteiger partial charge >= 0.3 is 5.97 Å². The molecule has 0 fully saturated rings. The molecule has 26 heavy (non-hydrogen) atoms. The second-order valence-electron chi connectivity index (χ2n) is 5.45. The molecule has 2 aromatic heterocycles. The van der Waals surface area contributed by atoms with Crippen LogP contribution in [0.3, 0.4) is 0 Å². The summed E-state index contributed by atoms with van der Waals surface area (Å²) in [5.74, 6) is 1.02. The smallest absolute Gasteiger partial charge is 0.363 e. The fraction of sp³-hybridized carbons (Fsp3) is 0.111. The molecule has 1 aromatic carbocycles. The van der Waals surface area contributed by atoms with Crippen LogP contribution in [0, 0.1) is 6.92 Å². The molecule has 0 N–H and O–H groups in total. The van der Waals surface area contributed by atoms with Gasteiger partial charge < -0.3 is 14.0 Å². The van der Waals surface area contributed by atoms with Crippen LogP contribution >= 0.6 is 11.3 Å². The minimum Gasteiger partial charge on any atom is -0.485 e. The molecule has 1 aliphatic rings. The average Bonchev–Trinajstić information content (AvgIpc) is 3.37. The predicted octanol–water partition coefficient (Wildman–Crippen LogP) is 3.36. The molecule has 0 bridgehead atoms. The Balaban J connectivity index is 1.47. The van der Waals surface area contributed by atoms with Gasteiger partial charge in [0.1, 0.15) is 5.75 Å². The van der Waals surface area contributed by atoms with Crippen molar-refractivity contribution in [1.82, 2.24) is 10.1 Å². The van der Waals surface area contributed by atoms with Crippen molar-refractivity contribution < 1.29 is 18.8 Å². The molecule has 0 radical (unpaired) electrons. The van der Waals surface area contributed by atoms with E-state index < -0.39 is 5.97 Å². The standard InChI is InChI=1S/C18H13N3O4S/c1-11-2-7-15(26-11)17-20-14(18(22)25-17)8-12-3-5-13(6-4-12)23-9-16-19-10-24-21-16/h2-8,10H,9H2,1H3/b14-8-. The number of benzene rings is 1. The second kappa shape index (κ2) is 6.93. The molecule has 3 aromatic rings. The van der Waals surface area contributed by atoms with E-state index >= 15 is 0 Å². The average molecular weight is 367 g/mol. The number of cyclic esters (lactones) is 1. The fourth-order valence-electron chi connectivity index (χ4n) is 2.29. The summed E-state index contributed by atoms with van der Waals surface area (Å²) >= 11 is 1.53. The van der Waals surface area contributed by atoms with Gasteiger partial charge in [-0.2, -0.15) is 4.98 Å². The van der Waals surface area contributed by atoms with Gasteiger partial charge in [-0.05, 0) is 42.8 Å². The van der Waals surface area contributed by atoms with Crippen molar-refractivity contribution in [1.29, 1.82) is 0 Å². The predicted molar refractivity (Wildman–Crippen MR) is 94.7 cm³/mol. The number of rotatable bonds is 5. The van der Waals surface area contributed by atoms with Crippen LogP contribution in [0.15, 0.2) is 58.0 Å². The number of esters is 1. The Bertz CT molecular complexity index is 988. The van der Waals surface area contributed by atoms with Gasteiger partial charge in [0.2, 0.25) is 18.1 Å². The SMILES string of the molecule is Cc1ccc(C2=N/C(=C\c3ccc(OCc4ncon4)cc3)C(=O)O2)s1. The number of carbonyl (C=O) groups is 1. The van der Waals surface area contributed by atoms with Crippen molar-refractivity contribution in [3.63, 3.8) is 0 Å². The maximum Gasteiger partial charge on any atom is 0.363 e. The highest BCUT2D eigenvalue weighted by Crippen LogP contribution is 2.24. The normalized spacial score (nSPS) is 15.2. The Hall–Kier alpha value is -3.26. The number of hydrogen-bond acceptors (Lipinski definition) is 8. The molecule has 0 saturated heterocycles. The van der Waals surface area contributed by atoms with Crippen LogP contribution in [0.25, 0.3) is 6.08 Å². The van der Waals surface area contributed by atoms with Gasteiger partial charge in [0.25, 0.3) is 0 Å². The zero-order chi connectivity index (χ0) is 17.9. The van der Waals surface area contributed by atoms with E-state index in [1.165, 1.54) is 17.7 Å². The first-order chi connectivity index (χ1) is 12.7. The first kappa shape index (κ1) is 16.2. The van der Waals surface area contributed by atoms with E-state index in [0.717, 1.165) is 15.3 Å². The molecular weight excluding hydrogens is 354 g/mol. The number of hydrogen-bond donors (Lipinski definition) is 0. The van der Waals surface area contributed by atoms with Gasteiger partial charge in [0.15, 0.2) is 12.3 Å². The van der Waals surface area contributed by atoms with Crippen LogP contribution in [0.2, 0.25) is 0 Å². The Morgan fingerprint density at radius 3 is 2.73 bits per heavy atom. The lowest BCUT2D eigenvalue weighted by atomic mass is 10.2. The van der Waals surface area contributed by atoms with Gasteiger partial charge in [-0.25, -0.2) is 9.79 Å². The summed E-state index contributed by atoms with van der Waals surface area (Å²) in [5.41, 5.74) is 1.09. The van der Waals surface area contributed by atoms with E-state index in [0.29, 0.717) is 17.5 Å². The van der Waals surface area contributed by atoms with Crippen LogP contribution in [-0.4, -0.2) is 22.0 Å². The molecule has 0 unspecified atom stereocenters. The van der Waals surface area contributed by atoms with E-state index in [4.69, 9.17) is 9.47 Å². The van der Waals surface area contributed by atoms with Crippen LogP contribution in [-0.2, 0) is 16.1 Å². The molecule has 1 aliphatic heterocycles. The van der Waals surface area contributed by atoms with E-state index in [1.807, 2.05) is 31.2 Å². The highest BCUT2D eigenvalue weighted by Gasteiger charge is 2.24. The van der Waals surface area contributed by atoms with Crippen molar-refractivity contribution >= 4 is 29.3 Å². The second-order valence-corrected chi connectivity index (χ2v) is 6.74. The van der Waals surface area contributed by atoms with Crippen molar-refractivity contribution in [3.05, 3.63) is 69.6 Å². The highest BCUT2D eigenvalue weighted by atomic mass is 32.1. The third-order valence-electron chi connectivity index (χ3n) is 3.53. The van der Waals surface area contributed by atoms with Crippen LogP contribution in [0.5, 0.6) is 5.75 Å². The molecule has 3 heterocycles. The number of ether oxygens (including phenoxy) is 2. The largest absolute Gasteiger partial charge is 0.485 e. The van der Waals surface area contributed by atoms with Gasteiger partial charge in [-0.1, -0.05) is 17.3 Å². The van der Waals surface area contributed by atoms with Crippen molar-refractivity contribution in [2.24, 2.45) is 4.99 Å². The van der Waals surface area contributed by atoms with Crippen LogP contribution < -0.4 is 4.74 Å². The van der Waals surface area contributed by atoms with Gasteiger partial charge in [0, 0.05) is 4.88 Å². The third-order valence-corrected chi connectivity index (χ3v) is 4.52. The summed E-state index contributed by atoms with van der Waals surface area (Å²) < 4.78 is 15.4. The molecule has 0 aliphatic carbocycles. The molecule has 8 heteroatoms. The topological polar surface area (TPSA) is 86.8 Å². The van der Waals surface area contributed by atoms with Crippen molar-refractivity contribution in [2.75, 3.05) is 0 Å². The number of nitrogens with zero attached hydrogens (tertiary/aromatic N) is 3. The molecule has 4 rings (SSSR count). The molecular formula is C18H13N3O4S. The zero-order valence-corrected chi connectivity index (χ0v) is 14.5. The molecule has 0 amide bonds. The minimum absolute atomic E-state index is 0.219. The lowest BCUT2D eigenvalue weighted by Crippen LogP contribution is -2.03. The molecule has 0 atom stereocenters. The Morgan fingerprint density at radius 2 is 2.04 bits per heavy atom. The maximum atomic E-state index is 12.0. The molecule has 0 saturated carbocycles. The quantitative estimate of drug-likeness (QED) is 0.508. The summed E-state index contributed by atoms with van der Waals surface area (Å²) in [7, 11) is 0. The van der Waals surface area contributed by atoms with E-state index in [9.17, 15) is 4.79 Å². The van der Waals surface area contributed by atoms with Crippen LogP contribution in [0.1, 0.15) is 21.1 Å². The number of aliphatic imine (C=N–C) groups is 1. The Labute approximate surface area is 152 Å². The summed E-state index contributed by atoms with van der Waals surface area (Å²) in [6.07, 6.45) is 2.93. The van der Waals surface area contributed by atoms with Crippen molar-refractivity contribution in [2.45, 2.75) is 13.5 Å². The van der Waals surface area contributed by atoms with Gasteiger partial charge in [-0.15, -0.1) is 11.3 Å². The Kier molecular flexibility index (Phi) is 4.32. The number of aryl methyl sites for hydroxylation is 1. The lowest BCUT2D eigenvalue weighted by Gasteiger charge is -2.03. The summed E-state index contributed by atoms with van der Waals surface area (Å²) in [4.78, 5) is 22.2. The van der Waals surface area contributed by atoms with Gasteiger partial charge in [-0.3, -0.25) is 0 Å². The van der Waals surface area contributed by atoms with Crippen molar-refractivity contribution in [3.8, 4) is 5.75 Å². The lowest BCUT2D eigenvalue weighted by molar-refractivity contribution is -0.129. The van der Waals surface area contributed by atoms with E-state index in [2.05, 4.69) is 19.7 Å². The molecule has 130 valence electrons. The summed E-state index contributed by atoms with van der Waals surface area (Å²) in [5, 5.41) is 3.67. The molecule has 7 nitrogen and oxygen atoms in total. The van der Waals surface area contributed by atoms with Crippen LogP contribution in [0.4, 0.5) is 0 Å². The zero-order valence-electron chi connectivity index (χ0n) is 13.7.